The molecule has 1 amide bonds. The molecule has 0 aromatic heterocycles. The number of sulfonamides is 1. The van der Waals surface area contributed by atoms with Crippen LogP contribution in [0.2, 0.25) is 0 Å². The number of hydrogen-bond donors (Lipinski definition) is 2. The molecule has 7 nitrogen and oxygen atoms in total. The Morgan fingerprint density at radius 2 is 1.90 bits per heavy atom. The Hall–Kier alpha value is -2.71. The van der Waals surface area contributed by atoms with E-state index < -0.39 is 22.0 Å². The number of carbonyl (C=O) groups excluding carboxylic acids is 1. The number of anilines is 1. The largest absolute Gasteiger partial charge is 0.481 e. The number of hydrogen-bond acceptors (Lipinski definition) is 4. The average molecular weight is 431 g/mol. The Morgan fingerprint density at radius 3 is 2.50 bits per heavy atom. The number of nitrogens with zero attached hydrogens (tertiary/aromatic N) is 1. The number of aliphatic carboxylic acids is 1. The van der Waals surface area contributed by atoms with Gasteiger partial charge < -0.3 is 10.0 Å². The summed E-state index contributed by atoms with van der Waals surface area (Å²) in [6.07, 6.45) is 0.192. The molecule has 0 aliphatic carbocycles. The fourth-order valence-electron chi connectivity index (χ4n) is 4.12. The SMILES string of the molecule is CC(=O)N1c2ccc(S(=O)(=O)N[C@@H](CC(=O)O)c3ccc(C)cc3C)cc2C[C@H]1C. The summed E-state index contributed by atoms with van der Waals surface area (Å²) in [5, 5.41) is 9.32. The number of carboxylic acids is 1. The lowest BCUT2D eigenvalue weighted by atomic mass is 9.98. The second kappa shape index (κ2) is 8.20. The minimum atomic E-state index is -3.97. The highest BCUT2D eigenvalue weighted by Gasteiger charge is 2.31. The van der Waals surface area contributed by atoms with Crippen LogP contribution in [0.5, 0.6) is 0 Å². The lowest BCUT2D eigenvalue weighted by molar-refractivity contribution is -0.137. The van der Waals surface area contributed by atoms with Gasteiger partial charge in [0.1, 0.15) is 0 Å². The van der Waals surface area contributed by atoms with Crippen molar-refractivity contribution < 1.29 is 23.1 Å². The van der Waals surface area contributed by atoms with Crippen molar-refractivity contribution in [2.24, 2.45) is 0 Å². The number of rotatable bonds is 6. The topological polar surface area (TPSA) is 104 Å². The summed E-state index contributed by atoms with van der Waals surface area (Å²) in [5.41, 5.74) is 3.95. The van der Waals surface area contributed by atoms with Crippen LogP contribution in [0.1, 0.15) is 48.6 Å². The predicted octanol–water partition coefficient (Wildman–Crippen LogP) is 3.10. The van der Waals surface area contributed by atoms with E-state index in [1.165, 1.54) is 13.0 Å². The molecule has 0 bridgehead atoms. The van der Waals surface area contributed by atoms with Crippen LogP contribution in [0.25, 0.3) is 0 Å². The zero-order chi connectivity index (χ0) is 22.2. The van der Waals surface area contributed by atoms with E-state index in [1.807, 2.05) is 32.9 Å². The quantitative estimate of drug-likeness (QED) is 0.733. The monoisotopic (exact) mass is 430 g/mol. The molecular formula is C22H26N2O5S. The van der Waals surface area contributed by atoms with E-state index in [-0.39, 0.29) is 23.3 Å². The number of carbonyl (C=O) groups is 2. The van der Waals surface area contributed by atoms with Crippen LogP contribution in [-0.4, -0.2) is 31.4 Å². The van der Waals surface area contributed by atoms with Gasteiger partial charge in [0.25, 0.3) is 0 Å². The van der Waals surface area contributed by atoms with Gasteiger partial charge in [-0.3, -0.25) is 9.59 Å². The van der Waals surface area contributed by atoms with Crippen LogP contribution < -0.4 is 9.62 Å². The highest BCUT2D eigenvalue weighted by molar-refractivity contribution is 7.89. The molecule has 0 unspecified atom stereocenters. The van der Waals surface area contributed by atoms with Gasteiger partial charge in [-0.1, -0.05) is 23.8 Å². The zero-order valence-corrected chi connectivity index (χ0v) is 18.3. The molecule has 0 spiro atoms. The molecular weight excluding hydrogens is 404 g/mol. The Bertz CT molecular complexity index is 1110. The molecule has 8 heteroatoms. The van der Waals surface area contributed by atoms with E-state index >= 15 is 0 Å². The Balaban J connectivity index is 1.95. The summed E-state index contributed by atoms with van der Waals surface area (Å²) in [4.78, 5) is 25.0. The van der Waals surface area contributed by atoms with E-state index in [1.54, 1.807) is 23.1 Å². The van der Waals surface area contributed by atoms with Gasteiger partial charge in [-0.2, -0.15) is 0 Å². The van der Waals surface area contributed by atoms with Gasteiger partial charge in [0.05, 0.1) is 17.4 Å². The molecule has 30 heavy (non-hydrogen) atoms. The third-order valence-corrected chi connectivity index (χ3v) is 6.86. The molecule has 0 fully saturated rings. The number of carboxylic acid groups (broad SMARTS) is 1. The Kier molecular flexibility index (Phi) is 6.01. The molecule has 1 aliphatic heterocycles. The minimum Gasteiger partial charge on any atom is -0.481 e. The first-order valence-corrected chi connectivity index (χ1v) is 11.2. The van der Waals surface area contributed by atoms with Crippen LogP contribution in [0.4, 0.5) is 5.69 Å². The van der Waals surface area contributed by atoms with Crippen LogP contribution in [0, 0.1) is 13.8 Å². The van der Waals surface area contributed by atoms with Crippen LogP contribution >= 0.6 is 0 Å². The summed E-state index contributed by atoms with van der Waals surface area (Å²) < 4.78 is 28.7. The molecule has 3 rings (SSSR count). The van der Waals surface area contributed by atoms with Crippen molar-refractivity contribution in [3.63, 3.8) is 0 Å². The van der Waals surface area contributed by atoms with Gasteiger partial charge in [-0.05, 0) is 62.1 Å². The van der Waals surface area contributed by atoms with Crippen LogP contribution in [0.15, 0.2) is 41.3 Å². The summed E-state index contributed by atoms with van der Waals surface area (Å²) in [6, 6.07) is 9.21. The van der Waals surface area contributed by atoms with E-state index in [0.717, 1.165) is 16.7 Å². The standard InChI is InChI=1S/C22H26N2O5S/c1-13-5-7-19(14(2)9-13)20(12-22(26)27)23-30(28,29)18-6-8-21-17(11-18)10-15(3)24(21)16(4)25/h5-9,11,15,20,23H,10,12H2,1-4H3,(H,26,27)/t15-,20+/m1/s1. The van der Waals surface area contributed by atoms with Crippen molar-refractivity contribution in [3.8, 4) is 0 Å². The maximum atomic E-state index is 13.1. The lowest BCUT2D eigenvalue weighted by Crippen LogP contribution is -2.33. The van der Waals surface area contributed by atoms with Crippen molar-refractivity contribution in [1.82, 2.24) is 4.72 Å². The lowest BCUT2D eigenvalue weighted by Gasteiger charge is -2.21. The van der Waals surface area contributed by atoms with Crippen molar-refractivity contribution in [1.29, 1.82) is 0 Å². The van der Waals surface area contributed by atoms with Crippen molar-refractivity contribution in [2.45, 2.75) is 57.5 Å². The van der Waals surface area contributed by atoms with E-state index in [9.17, 15) is 23.1 Å². The molecule has 0 saturated heterocycles. The van der Waals surface area contributed by atoms with Gasteiger partial charge in [-0.25, -0.2) is 13.1 Å². The van der Waals surface area contributed by atoms with Crippen molar-refractivity contribution in [3.05, 3.63) is 58.7 Å². The first-order chi connectivity index (χ1) is 14.0. The molecule has 0 radical (unpaired) electrons. The highest BCUT2D eigenvalue weighted by Crippen LogP contribution is 2.34. The van der Waals surface area contributed by atoms with Gasteiger partial charge >= 0.3 is 5.97 Å². The molecule has 2 aromatic carbocycles. The van der Waals surface area contributed by atoms with Crippen molar-refractivity contribution in [2.75, 3.05) is 4.90 Å². The summed E-state index contributed by atoms with van der Waals surface area (Å²) in [5.74, 6) is -1.19. The highest BCUT2D eigenvalue weighted by atomic mass is 32.2. The molecule has 1 heterocycles. The second-order valence-corrected chi connectivity index (χ2v) is 9.58. The van der Waals surface area contributed by atoms with E-state index in [2.05, 4.69) is 4.72 Å². The number of aryl methyl sites for hydroxylation is 2. The Morgan fingerprint density at radius 1 is 1.20 bits per heavy atom. The van der Waals surface area contributed by atoms with Crippen LogP contribution in [-0.2, 0) is 26.0 Å². The molecule has 1 aliphatic rings. The number of amides is 1. The molecule has 0 saturated carbocycles. The molecule has 2 N–H and O–H groups in total. The second-order valence-electron chi connectivity index (χ2n) is 7.86. The van der Waals surface area contributed by atoms with E-state index in [0.29, 0.717) is 17.7 Å². The third kappa shape index (κ3) is 4.39. The van der Waals surface area contributed by atoms with Gasteiger partial charge in [-0.15, -0.1) is 0 Å². The zero-order valence-electron chi connectivity index (χ0n) is 17.5. The molecule has 160 valence electrons. The summed E-state index contributed by atoms with van der Waals surface area (Å²) in [6.45, 7) is 7.15. The van der Waals surface area contributed by atoms with Crippen molar-refractivity contribution >= 4 is 27.6 Å². The summed E-state index contributed by atoms with van der Waals surface area (Å²) in [7, 11) is -3.97. The van der Waals surface area contributed by atoms with E-state index in [4.69, 9.17) is 0 Å². The fraction of sp³-hybridized carbons (Fsp3) is 0.364. The number of nitrogens with one attached hydrogen (secondary N) is 1. The van der Waals surface area contributed by atoms with Gasteiger partial charge in [0.2, 0.25) is 15.9 Å². The maximum absolute atomic E-state index is 13.1. The number of fused-ring (bicyclic) bond motifs is 1. The fourth-order valence-corrected chi connectivity index (χ4v) is 5.38. The minimum absolute atomic E-state index is 0.0432. The first kappa shape index (κ1) is 22.0. The number of benzene rings is 2. The third-order valence-electron chi connectivity index (χ3n) is 5.39. The average Bonchev–Trinajstić information content (AvgIpc) is 2.95. The normalized spacial score (nSPS) is 16.9. The maximum Gasteiger partial charge on any atom is 0.305 e. The Labute approximate surface area is 176 Å². The first-order valence-electron chi connectivity index (χ1n) is 9.73. The summed E-state index contributed by atoms with van der Waals surface area (Å²) >= 11 is 0. The molecule has 2 atom stereocenters. The van der Waals surface area contributed by atoms with Gasteiger partial charge in [0.15, 0.2) is 0 Å². The predicted molar refractivity (Wildman–Crippen MR) is 114 cm³/mol. The smallest absolute Gasteiger partial charge is 0.305 e. The van der Waals surface area contributed by atoms with Gasteiger partial charge in [0, 0.05) is 18.7 Å². The van der Waals surface area contributed by atoms with Crippen LogP contribution in [0.3, 0.4) is 0 Å². The molecule has 2 aromatic rings.